The zero-order valence-corrected chi connectivity index (χ0v) is 13.5. The largest absolute Gasteiger partial charge is 0.276 e. The molecule has 1 heterocycles. The van der Waals surface area contributed by atoms with E-state index in [4.69, 9.17) is 0 Å². The summed E-state index contributed by atoms with van der Waals surface area (Å²) in [7, 11) is 0. The van der Waals surface area contributed by atoms with Crippen molar-refractivity contribution in [3.8, 4) is 0 Å². The van der Waals surface area contributed by atoms with E-state index in [1.807, 2.05) is 64.9 Å². The Morgan fingerprint density at radius 3 is 2.55 bits per heavy atom. The number of carbonyl (C=O) groups is 1. The maximum atomic E-state index is 12.9. The van der Waals surface area contributed by atoms with Crippen LogP contribution >= 0.6 is 11.8 Å². The molecule has 0 saturated carbocycles. The fourth-order valence-electron chi connectivity index (χ4n) is 2.56. The first-order valence-corrected chi connectivity index (χ1v) is 8.68. The predicted octanol–water partition coefficient (Wildman–Crippen LogP) is 5.24. The van der Waals surface area contributed by atoms with Gasteiger partial charge in [0, 0.05) is 11.3 Å². The Morgan fingerprint density at radius 2 is 1.77 bits per heavy atom. The van der Waals surface area contributed by atoms with Gasteiger partial charge in [0.05, 0.1) is 11.3 Å². The predicted molar refractivity (Wildman–Crippen MR) is 95.4 cm³/mol. The molecule has 1 aliphatic heterocycles. The van der Waals surface area contributed by atoms with Crippen molar-refractivity contribution in [2.45, 2.75) is 19.8 Å². The molecule has 112 valence electrons. The lowest BCUT2D eigenvalue weighted by Crippen LogP contribution is -2.20. The van der Waals surface area contributed by atoms with E-state index in [1.54, 1.807) is 11.8 Å². The number of hydrogen-bond donors (Lipinski definition) is 0. The molecule has 3 rings (SSSR count). The number of hydrogen-bond acceptors (Lipinski definition) is 2. The quantitative estimate of drug-likeness (QED) is 0.556. The number of benzene rings is 2. The highest BCUT2D eigenvalue weighted by atomic mass is 32.2. The molecule has 1 amide bonds. The van der Waals surface area contributed by atoms with Gasteiger partial charge in [-0.3, -0.25) is 9.69 Å². The van der Waals surface area contributed by atoms with Crippen LogP contribution in [0.3, 0.4) is 0 Å². The highest BCUT2D eigenvalue weighted by Gasteiger charge is 2.32. The Kier molecular flexibility index (Phi) is 4.64. The van der Waals surface area contributed by atoms with Gasteiger partial charge < -0.3 is 0 Å². The Morgan fingerprint density at radius 1 is 1.05 bits per heavy atom. The summed E-state index contributed by atoms with van der Waals surface area (Å²) >= 11 is 1.73. The molecule has 22 heavy (non-hydrogen) atoms. The molecule has 2 aromatic carbocycles. The molecule has 0 bridgehead atoms. The molecule has 0 radical (unpaired) electrons. The second-order valence-electron chi connectivity index (χ2n) is 5.25. The van der Waals surface area contributed by atoms with E-state index < -0.39 is 0 Å². The third-order valence-electron chi connectivity index (χ3n) is 3.70. The van der Waals surface area contributed by atoms with Crippen molar-refractivity contribution in [1.82, 2.24) is 0 Å². The van der Waals surface area contributed by atoms with Gasteiger partial charge in [0.15, 0.2) is 0 Å². The average molecular weight is 309 g/mol. The molecule has 2 nitrogen and oxygen atoms in total. The minimum atomic E-state index is 0.0661. The molecule has 0 atom stereocenters. The van der Waals surface area contributed by atoms with Gasteiger partial charge in [0.25, 0.3) is 5.91 Å². The smallest absolute Gasteiger partial charge is 0.264 e. The van der Waals surface area contributed by atoms with Gasteiger partial charge in [-0.1, -0.05) is 49.7 Å². The highest BCUT2D eigenvalue weighted by molar-refractivity contribution is 8.02. The Bertz CT molecular complexity index is 694. The van der Waals surface area contributed by atoms with E-state index in [-0.39, 0.29) is 5.91 Å². The molecule has 0 unspecified atom stereocenters. The number of anilines is 2. The van der Waals surface area contributed by atoms with Gasteiger partial charge in [-0.25, -0.2) is 0 Å². The van der Waals surface area contributed by atoms with Crippen molar-refractivity contribution in [1.29, 1.82) is 0 Å². The first-order chi connectivity index (χ1) is 10.8. The Hall–Kier alpha value is -2.00. The van der Waals surface area contributed by atoms with E-state index in [0.717, 1.165) is 28.3 Å². The van der Waals surface area contributed by atoms with Crippen LogP contribution in [0.25, 0.3) is 5.57 Å². The van der Waals surface area contributed by atoms with Crippen LogP contribution < -0.4 is 4.90 Å². The molecule has 0 spiro atoms. The summed E-state index contributed by atoms with van der Waals surface area (Å²) in [6.07, 6.45) is 2.35. The first-order valence-electron chi connectivity index (χ1n) is 7.63. The van der Waals surface area contributed by atoms with Crippen LogP contribution in [0.2, 0.25) is 0 Å². The standard InChI is InChI=1S/C19H19NOS/c1-2-3-13-22-14-17-16-11-7-8-12-18(16)20(19(17)21)15-9-5-4-6-10-15/h4-12,14H,2-3,13H2,1H3/b17-14-. The number of para-hydroxylation sites is 2. The molecular weight excluding hydrogens is 290 g/mol. The monoisotopic (exact) mass is 309 g/mol. The topological polar surface area (TPSA) is 20.3 Å². The summed E-state index contributed by atoms with van der Waals surface area (Å²) in [6.45, 7) is 2.18. The van der Waals surface area contributed by atoms with Crippen LogP contribution in [-0.4, -0.2) is 11.7 Å². The van der Waals surface area contributed by atoms with Crippen LogP contribution in [0.4, 0.5) is 11.4 Å². The SMILES string of the molecule is CCCCS/C=C1\C(=O)N(c2ccccc2)c2ccccc21. The van der Waals surface area contributed by atoms with Crippen LogP contribution in [0.15, 0.2) is 60.0 Å². The van der Waals surface area contributed by atoms with Crippen LogP contribution in [0.1, 0.15) is 25.3 Å². The van der Waals surface area contributed by atoms with Crippen molar-refractivity contribution in [2.24, 2.45) is 0 Å². The molecule has 0 fully saturated rings. The molecule has 2 aromatic rings. The van der Waals surface area contributed by atoms with Gasteiger partial charge in [-0.15, -0.1) is 11.8 Å². The summed E-state index contributed by atoms with van der Waals surface area (Å²) in [5, 5.41) is 2.03. The average Bonchev–Trinajstić information content (AvgIpc) is 2.84. The zero-order valence-electron chi connectivity index (χ0n) is 12.7. The lowest BCUT2D eigenvalue weighted by molar-refractivity contribution is -0.112. The third-order valence-corrected chi connectivity index (χ3v) is 4.63. The van der Waals surface area contributed by atoms with Crippen molar-refractivity contribution in [3.05, 3.63) is 65.6 Å². The fourth-order valence-corrected chi connectivity index (χ4v) is 3.53. The van der Waals surface area contributed by atoms with E-state index in [2.05, 4.69) is 6.92 Å². The number of carbonyl (C=O) groups excluding carboxylic acids is 1. The van der Waals surface area contributed by atoms with Crippen LogP contribution in [0, 0.1) is 0 Å². The molecule has 0 aliphatic carbocycles. The maximum absolute atomic E-state index is 12.9. The van der Waals surface area contributed by atoms with Gasteiger partial charge in [-0.2, -0.15) is 0 Å². The highest BCUT2D eigenvalue weighted by Crippen LogP contribution is 2.41. The number of rotatable bonds is 5. The summed E-state index contributed by atoms with van der Waals surface area (Å²) < 4.78 is 0. The van der Waals surface area contributed by atoms with Crippen LogP contribution in [-0.2, 0) is 4.79 Å². The molecular formula is C19H19NOS. The number of thioether (sulfide) groups is 1. The molecule has 1 aliphatic rings. The molecule has 0 saturated heterocycles. The number of nitrogens with zero attached hydrogens (tertiary/aromatic N) is 1. The van der Waals surface area contributed by atoms with E-state index in [0.29, 0.717) is 0 Å². The normalized spacial score (nSPS) is 15.4. The van der Waals surface area contributed by atoms with Gasteiger partial charge >= 0.3 is 0 Å². The van der Waals surface area contributed by atoms with Crippen LogP contribution in [0.5, 0.6) is 0 Å². The minimum Gasteiger partial charge on any atom is -0.276 e. The fraction of sp³-hybridized carbons (Fsp3) is 0.211. The molecule has 0 aromatic heterocycles. The molecule has 0 N–H and O–H groups in total. The molecule has 3 heteroatoms. The zero-order chi connectivity index (χ0) is 15.4. The summed E-state index contributed by atoms with van der Waals surface area (Å²) in [6, 6.07) is 17.9. The van der Waals surface area contributed by atoms with Crippen molar-refractivity contribution in [2.75, 3.05) is 10.7 Å². The third kappa shape index (κ3) is 2.81. The maximum Gasteiger partial charge on any atom is 0.264 e. The van der Waals surface area contributed by atoms with E-state index in [9.17, 15) is 4.79 Å². The summed E-state index contributed by atoms with van der Waals surface area (Å²) in [5.41, 5.74) is 3.73. The number of fused-ring (bicyclic) bond motifs is 1. The minimum absolute atomic E-state index is 0.0661. The van der Waals surface area contributed by atoms with Crippen molar-refractivity contribution < 1.29 is 4.79 Å². The number of amides is 1. The van der Waals surface area contributed by atoms with Gasteiger partial charge in [-0.05, 0) is 35.8 Å². The second-order valence-corrected chi connectivity index (χ2v) is 6.23. The first kappa shape index (κ1) is 14.9. The lowest BCUT2D eigenvalue weighted by atomic mass is 10.1. The van der Waals surface area contributed by atoms with Gasteiger partial charge in [0.1, 0.15) is 0 Å². The lowest BCUT2D eigenvalue weighted by Gasteiger charge is -2.16. The second kappa shape index (κ2) is 6.84. The Balaban J connectivity index is 1.96. The Labute approximate surface area is 135 Å². The number of unbranched alkanes of at least 4 members (excludes halogenated alkanes) is 1. The summed E-state index contributed by atoms with van der Waals surface area (Å²) in [4.78, 5) is 14.7. The van der Waals surface area contributed by atoms with Crippen molar-refractivity contribution >= 4 is 34.6 Å². The van der Waals surface area contributed by atoms with E-state index in [1.165, 1.54) is 12.8 Å². The van der Waals surface area contributed by atoms with Gasteiger partial charge in [0.2, 0.25) is 0 Å². The van der Waals surface area contributed by atoms with Crippen molar-refractivity contribution in [3.63, 3.8) is 0 Å². The summed E-state index contributed by atoms with van der Waals surface area (Å²) in [5.74, 6) is 1.12. The van der Waals surface area contributed by atoms with E-state index >= 15 is 0 Å².